The van der Waals surface area contributed by atoms with Crippen molar-refractivity contribution in [1.82, 2.24) is 5.32 Å². The Balaban J connectivity index is 2.85. The average molecular weight is 247 g/mol. The minimum atomic E-state index is 0.514. The van der Waals surface area contributed by atoms with E-state index >= 15 is 0 Å². The number of para-hydroxylation sites is 1. The monoisotopic (exact) mass is 247 g/mol. The lowest BCUT2D eigenvalue weighted by Crippen LogP contribution is -2.13. The Morgan fingerprint density at radius 1 is 1.28 bits per heavy atom. The van der Waals surface area contributed by atoms with Crippen molar-refractivity contribution in [2.45, 2.75) is 26.8 Å². The number of benzene rings is 1. The zero-order valence-corrected chi connectivity index (χ0v) is 11.2. The van der Waals surface area contributed by atoms with Gasteiger partial charge >= 0.3 is 0 Å². The summed E-state index contributed by atoms with van der Waals surface area (Å²) in [6, 6.07) is 5.94. The number of hydrogen-bond donors (Lipinski definition) is 1. The molecule has 1 aromatic rings. The molecule has 1 aromatic carbocycles. The van der Waals surface area contributed by atoms with Gasteiger partial charge in [0.2, 0.25) is 0 Å². The molecule has 1 N–H and O–H groups in total. The normalized spacial score (nSPS) is 9.83. The molecule has 0 saturated carbocycles. The van der Waals surface area contributed by atoms with Crippen molar-refractivity contribution in [2.24, 2.45) is 0 Å². The van der Waals surface area contributed by atoms with Gasteiger partial charge in [0.1, 0.15) is 0 Å². The van der Waals surface area contributed by atoms with Crippen LogP contribution in [0.4, 0.5) is 0 Å². The van der Waals surface area contributed by atoms with E-state index in [1.165, 1.54) is 0 Å². The van der Waals surface area contributed by atoms with Gasteiger partial charge in [-0.25, -0.2) is 0 Å². The predicted molar refractivity (Wildman–Crippen MR) is 73.9 cm³/mol. The molecule has 3 nitrogen and oxygen atoms in total. The maximum absolute atomic E-state index is 5.75. The minimum Gasteiger partial charge on any atom is -0.490 e. The van der Waals surface area contributed by atoms with Crippen molar-refractivity contribution in [3.05, 3.63) is 23.8 Å². The molecule has 0 aliphatic rings. The molecule has 3 heteroatoms. The second kappa shape index (κ2) is 8.43. The maximum Gasteiger partial charge on any atom is 0.165 e. The van der Waals surface area contributed by atoms with Crippen LogP contribution < -0.4 is 14.8 Å². The van der Waals surface area contributed by atoms with Crippen LogP contribution in [-0.4, -0.2) is 19.8 Å². The average Bonchev–Trinajstić information content (AvgIpc) is 2.39. The largest absolute Gasteiger partial charge is 0.490 e. The van der Waals surface area contributed by atoms with Crippen LogP contribution in [-0.2, 0) is 6.54 Å². The molecule has 0 amide bonds. The highest BCUT2D eigenvalue weighted by Gasteiger charge is 2.10. The summed E-state index contributed by atoms with van der Waals surface area (Å²) < 4.78 is 11.3. The molecule has 0 atom stereocenters. The maximum atomic E-state index is 5.75. The molecule has 0 saturated heterocycles. The molecule has 0 heterocycles. The zero-order valence-electron chi connectivity index (χ0n) is 11.2. The summed E-state index contributed by atoms with van der Waals surface area (Å²) in [5.74, 6) is 4.15. The Labute approximate surface area is 109 Å². The molecular formula is C15H21NO2. The highest BCUT2D eigenvalue weighted by Crippen LogP contribution is 2.31. The van der Waals surface area contributed by atoms with Crippen molar-refractivity contribution in [3.8, 4) is 23.8 Å². The van der Waals surface area contributed by atoms with Gasteiger partial charge in [0.15, 0.2) is 11.5 Å². The van der Waals surface area contributed by atoms with Crippen LogP contribution in [0.15, 0.2) is 18.2 Å². The molecule has 0 aliphatic heterocycles. The summed E-state index contributed by atoms with van der Waals surface area (Å²) in [6.07, 6.45) is 5.83. The topological polar surface area (TPSA) is 30.5 Å². The van der Waals surface area contributed by atoms with E-state index in [2.05, 4.69) is 18.2 Å². The molecular weight excluding hydrogens is 226 g/mol. The number of rotatable bonds is 8. The second-order valence-corrected chi connectivity index (χ2v) is 3.76. The Morgan fingerprint density at radius 3 is 2.78 bits per heavy atom. The van der Waals surface area contributed by atoms with Gasteiger partial charge in [0, 0.05) is 18.5 Å². The lowest BCUT2D eigenvalue weighted by Gasteiger charge is -2.15. The highest BCUT2D eigenvalue weighted by molar-refractivity contribution is 5.46. The van der Waals surface area contributed by atoms with E-state index in [-0.39, 0.29) is 0 Å². The highest BCUT2D eigenvalue weighted by atomic mass is 16.5. The van der Waals surface area contributed by atoms with Crippen molar-refractivity contribution >= 4 is 0 Å². The molecule has 98 valence electrons. The third-order valence-electron chi connectivity index (χ3n) is 2.42. The van der Waals surface area contributed by atoms with Crippen molar-refractivity contribution in [2.75, 3.05) is 19.8 Å². The van der Waals surface area contributed by atoms with E-state index in [0.717, 1.165) is 30.2 Å². The van der Waals surface area contributed by atoms with Gasteiger partial charge < -0.3 is 14.8 Å². The Morgan fingerprint density at radius 2 is 2.11 bits per heavy atom. The summed E-state index contributed by atoms with van der Waals surface area (Å²) in [6.45, 7) is 6.86. The van der Waals surface area contributed by atoms with Crippen LogP contribution in [0.5, 0.6) is 11.5 Å². The number of terminal acetylenes is 1. The van der Waals surface area contributed by atoms with Crippen LogP contribution >= 0.6 is 0 Å². The number of hydrogen-bond acceptors (Lipinski definition) is 3. The van der Waals surface area contributed by atoms with Crippen LogP contribution in [0.1, 0.15) is 25.8 Å². The Hall–Kier alpha value is -1.66. The van der Waals surface area contributed by atoms with Crippen molar-refractivity contribution < 1.29 is 9.47 Å². The minimum absolute atomic E-state index is 0.514. The standard InChI is InChI=1S/C15H21NO2/c1-4-7-11-18-15-13(12-16-5-2)9-8-10-14(15)17-6-3/h1,8-10,16H,5-7,11-12H2,2-3H3. The third-order valence-corrected chi connectivity index (χ3v) is 2.42. The molecule has 0 bridgehead atoms. The lowest BCUT2D eigenvalue weighted by atomic mass is 10.2. The first-order chi connectivity index (χ1) is 8.83. The van der Waals surface area contributed by atoms with Gasteiger partial charge in [-0.05, 0) is 19.5 Å². The van der Waals surface area contributed by atoms with Gasteiger partial charge in [-0.15, -0.1) is 12.3 Å². The molecule has 0 aliphatic carbocycles. The molecule has 0 radical (unpaired) electrons. The third kappa shape index (κ3) is 4.31. The summed E-state index contributed by atoms with van der Waals surface area (Å²) >= 11 is 0. The van der Waals surface area contributed by atoms with Crippen molar-refractivity contribution in [3.63, 3.8) is 0 Å². The summed E-state index contributed by atoms with van der Waals surface area (Å²) in [5.41, 5.74) is 1.10. The van der Waals surface area contributed by atoms with E-state index in [1.807, 2.05) is 25.1 Å². The summed E-state index contributed by atoms with van der Waals surface area (Å²) in [4.78, 5) is 0. The first-order valence-electron chi connectivity index (χ1n) is 6.35. The second-order valence-electron chi connectivity index (χ2n) is 3.76. The molecule has 0 fully saturated rings. The number of nitrogens with one attached hydrogen (secondary N) is 1. The molecule has 1 rings (SSSR count). The molecule has 0 spiro atoms. The lowest BCUT2D eigenvalue weighted by molar-refractivity contribution is 0.279. The molecule has 0 unspecified atom stereocenters. The van der Waals surface area contributed by atoms with Gasteiger partial charge in [-0.3, -0.25) is 0 Å². The summed E-state index contributed by atoms with van der Waals surface area (Å²) in [5, 5.41) is 3.29. The number of ether oxygens (including phenoxy) is 2. The van der Waals surface area contributed by atoms with Gasteiger partial charge in [-0.1, -0.05) is 19.1 Å². The SMILES string of the molecule is C#CCCOc1c(CNCC)cccc1OCC. The predicted octanol–water partition coefficient (Wildman–Crippen LogP) is 2.60. The summed E-state index contributed by atoms with van der Waals surface area (Å²) in [7, 11) is 0. The zero-order chi connectivity index (χ0) is 13.2. The quantitative estimate of drug-likeness (QED) is 0.566. The fourth-order valence-electron chi connectivity index (χ4n) is 1.61. The van der Waals surface area contributed by atoms with Crippen LogP contribution in [0.25, 0.3) is 0 Å². The van der Waals surface area contributed by atoms with Crippen molar-refractivity contribution in [1.29, 1.82) is 0 Å². The molecule has 0 aromatic heterocycles. The van der Waals surface area contributed by atoms with E-state index in [9.17, 15) is 0 Å². The Kier molecular flexibility index (Phi) is 6.75. The van der Waals surface area contributed by atoms with E-state index < -0.39 is 0 Å². The van der Waals surface area contributed by atoms with E-state index in [0.29, 0.717) is 19.6 Å². The smallest absolute Gasteiger partial charge is 0.165 e. The fourth-order valence-corrected chi connectivity index (χ4v) is 1.61. The first kappa shape index (κ1) is 14.4. The van der Waals surface area contributed by atoms with Gasteiger partial charge in [-0.2, -0.15) is 0 Å². The van der Waals surface area contributed by atoms with Crippen LogP contribution in [0.3, 0.4) is 0 Å². The molecule has 18 heavy (non-hydrogen) atoms. The van der Waals surface area contributed by atoms with E-state index in [4.69, 9.17) is 15.9 Å². The van der Waals surface area contributed by atoms with E-state index in [1.54, 1.807) is 0 Å². The van der Waals surface area contributed by atoms with Gasteiger partial charge in [0.25, 0.3) is 0 Å². The fraction of sp³-hybridized carbons (Fsp3) is 0.467. The van der Waals surface area contributed by atoms with Crippen LogP contribution in [0.2, 0.25) is 0 Å². The van der Waals surface area contributed by atoms with Gasteiger partial charge in [0.05, 0.1) is 13.2 Å². The van der Waals surface area contributed by atoms with Crippen LogP contribution in [0, 0.1) is 12.3 Å². The first-order valence-corrected chi connectivity index (χ1v) is 6.35. The Bertz CT molecular complexity index is 396.